The van der Waals surface area contributed by atoms with Crippen LogP contribution in [-0.4, -0.2) is 13.3 Å². The summed E-state index contributed by atoms with van der Waals surface area (Å²) in [6.45, 7) is 0. The van der Waals surface area contributed by atoms with Gasteiger partial charge in [-0.1, -0.05) is 0 Å². The van der Waals surface area contributed by atoms with Crippen LogP contribution in [-0.2, 0) is 0 Å². The molecule has 4 rings (SSSR count). The van der Waals surface area contributed by atoms with E-state index in [1.165, 1.54) is 17.6 Å². The van der Waals surface area contributed by atoms with Crippen LogP contribution in [0.2, 0.25) is 20.1 Å². The Morgan fingerprint density at radius 1 is 0.310 bits per heavy atom. The summed E-state index contributed by atoms with van der Waals surface area (Å²) >= 11 is 21.6. The average molecular weight is 519 g/mol. The summed E-state index contributed by atoms with van der Waals surface area (Å²) in [6.07, 6.45) is 0. The topological polar surface area (TPSA) is 0 Å². The van der Waals surface area contributed by atoms with E-state index in [0.717, 1.165) is 0 Å². The molecular formula is C24H16Cl4Ge. The van der Waals surface area contributed by atoms with Crippen LogP contribution in [0.1, 0.15) is 0 Å². The molecule has 0 bridgehead atoms. The first kappa shape index (κ1) is 20.8. The first-order valence-electron chi connectivity index (χ1n) is 9.04. The maximum atomic E-state index is 6.23. The van der Waals surface area contributed by atoms with Crippen LogP contribution in [0.5, 0.6) is 0 Å². The predicted octanol–water partition coefficient (Wildman–Crippen LogP) is 5.68. The van der Waals surface area contributed by atoms with E-state index in [0.29, 0.717) is 20.1 Å². The predicted molar refractivity (Wildman–Crippen MR) is 130 cm³/mol. The molecule has 0 amide bonds. The van der Waals surface area contributed by atoms with Gasteiger partial charge in [-0.3, -0.25) is 0 Å². The van der Waals surface area contributed by atoms with Crippen molar-refractivity contribution in [1.29, 1.82) is 0 Å². The summed E-state index contributed by atoms with van der Waals surface area (Å²) in [4.78, 5) is 0. The molecule has 0 N–H and O–H groups in total. The number of rotatable bonds is 4. The summed E-state index contributed by atoms with van der Waals surface area (Å²) in [5.41, 5.74) is 0. The second kappa shape index (κ2) is 8.75. The summed E-state index contributed by atoms with van der Waals surface area (Å²) < 4.78 is 5.06. The first-order chi connectivity index (χ1) is 14.0. The van der Waals surface area contributed by atoms with Crippen molar-refractivity contribution in [2.24, 2.45) is 0 Å². The first-order valence-corrected chi connectivity index (χ1v) is 14.7. The quantitative estimate of drug-likeness (QED) is 0.305. The van der Waals surface area contributed by atoms with Gasteiger partial charge in [0.25, 0.3) is 0 Å². The maximum absolute atomic E-state index is 6.23. The van der Waals surface area contributed by atoms with E-state index >= 15 is 0 Å². The molecule has 0 radical (unpaired) electrons. The fourth-order valence-corrected chi connectivity index (χ4v) is 14.1. The standard InChI is InChI=1S/C24H16Cl4Ge/c25-17-1-9-21(10-2-17)29(22-11-3-18(26)4-12-22,23-13-5-19(27)6-14-23)24-15-7-20(28)8-16-24/h1-16H. The number of benzene rings is 4. The van der Waals surface area contributed by atoms with E-state index in [1.807, 2.05) is 48.5 Å². The van der Waals surface area contributed by atoms with Gasteiger partial charge in [-0.2, -0.15) is 0 Å². The van der Waals surface area contributed by atoms with Crippen molar-refractivity contribution in [3.63, 3.8) is 0 Å². The third-order valence-electron chi connectivity index (χ3n) is 5.11. The molecular weight excluding hydrogens is 503 g/mol. The zero-order valence-corrected chi connectivity index (χ0v) is 20.4. The van der Waals surface area contributed by atoms with E-state index < -0.39 is 13.3 Å². The van der Waals surface area contributed by atoms with Crippen molar-refractivity contribution in [3.8, 4) is 0 Å². The Labute approximate surface area is 193 Å². The van der Waals surface area contributed by atoms with Crippen molar-refractivity contribution in [2.45, 2.75) is 0 Å². The van der Waals surface area contributed by atoms with Gasteiger partial charge >= 0.3 is 194 Å². The molecule has 4 aromatic rings. The van der Waals surface area contributed by atoms with E-state index in [-0.39, 0.29) is 0 Å². The Kier molecular flexibility index (Phi) is 6.29. The fourth-order valence-electron chi connectivity index (χ4n) is 3.80. The molecule has 0 heterocycles. The Morgan fingerprint density at radius 3 is 0.655 bits per heavy atom. The number of halogens is 4. The van der Waals surface area contributed by atoms with Crippen molar-refractivity contribution in [1.82, 2.24) is 0 Å². The van der Waals surface area contributed by atoms with Crippen molar-refractivity contribution in [3.05, 3.63) is 117 Å². The minimum absolute atomic E-state index is 0.716. The average Bonchev–Trinajstić information content (AvgIpc) is 2.73. The van der Waals surface area contributed by atoms with Crippen LogP contribution in [0.3, 0.4) is 0 Å². The fraction of sp³-hybridized carbons (Fsp3) is 0. The van der Waals surface area contributed by atoms with Gasteiger partial charge in [0.15, 0.2) is 0 Å². The molecule has 5 heteroatoms. The molecule has 144 valence electrons. The molecule has 0 aromatic heterocycles. The zero-order chi connectivity index (χ0) is 20.4. The third kappa shape index (κ3) is 4.10. The summed E-state index contributed by atoms with van der Waals surface area (Å²) in [7, 11) is 0. The molecule has 0 saturated heterocycles. The summed E-state index contributed by atoms with van der Waals surface area (Å²) in [5, 5.41) is 2.86. The van der Waals surface area contributed by atoms with Gasteiger partial charge in [0.1, 0.15) is 0 Å². The van der Waals surface area contributed by atoms with E-state index in [1.54, 1.807) is 0 Å². The van der Waals surface area contributed by atoms with Gasteiger partial charge in [0, 0.05) is 0 Å². The van der Waals surface area contributed by atoms with E-state index in [9.17, 15) is 0 Å². The second-order valence-electron chi connectivity index (χ2n) is 6.78. The number of hydrogen-bond acceptors (Lipinski definition) is 0. The van der Waals surface area contributed by atoms with Crippen molar-refractivity contribution >= 4 is 77.3 Å². The molecule has 0 nitrogen and oxygen atoms in total. The van der Waals surface area contributed by atoms with Gasteiger partial charge in [0.2, 0.25) is 0 Å². The summed E-state index contributed by atoms with van der Waals surface area (Å²) in [6, 6.07) is 32.8. The minimum atomic E-state index is -3.34. The normalized spacial score (nSPS) is 11.4. The molecule has 0 aliphatic rings. The molecule has 0 aliphatic carbocycles. The SMILES string of the molecule is Clc1cc[c]([Ge]([c]2ccc(Cl)cc2)([c]2ccc(Cl)cc2)[c]2ccc(Cl)cc2)cc1. The van der Waals surface area contributed by atoms with Crippen LogP contribution >= 0.6 is 46.4 Å². The second-order valence-corrected chi connectivity index (χ2v) is 16.5. The van der Waals surface area contributed by atoms with E-state index in [4.69, 9.17) is 46.4 Å². The van der Waals surface area contributed by atoms with Gasteiger partial charge in [-0.15, -0.1) is 0 Å². The Bertz CT molecular complexity index is 916. The Hall–Kier alpha value is -1.42. The van der Waals surface area contributed by atoms with Crippen LogP contribution in [0.15, 0.2) is 97.1 Å². The Morgan fingerprint density at radius 2 is 0.483 bits per heavy atom. The van der Waals surface area contributed by atoms with Gasteiger partial charge in [-0.05, 0) is 0 Å². The van der Waals surface area contributed by atoms with Crippen LogP contribution in [0, 0.1) is 0 Å². The van der Waals surface area contributed by atoms with Crippen LogP contribution < -0.4 is 17.6 Å². The van der Waals surface area contributed by atoms with Crippen LogP contribution in [0.25, 0.3) is 0 Å². The zero-order valence-electron chi connectivity index (χ0n) is 15.2. The molecule has 29 heavy (non-hydrogen) atoms. The van der Waals surface area contributed by atoms with Gasteiger partial charge in [-0.25, -0.2) is 0 Å². The molecule has 0 fully saturated rings. The van der Waals surface area contributed by atoms with Crippen LogP contribution in [0.4, 0.5) is 0 Å². The molecule has 4 aromatic carbocycles. The number of hydrogen-bond donors (Lipinski definition) is 0. The van der Waals surface area contributed by atoms with Gasteiger partial charge < -0.3 is 0 Å². The monoisotopic (exact) mass is 518 g/mol. The third-order valence-corrected chi connectivity index (χ3v) is 16.2. The Balaban J connectivity index is 2.11. The van der Waals surface area contributed by atoms with E-state index in [2.05, 4.69) is 48.5 Å². The van der Waals surface area contributed by atoms with Crippen molar-refractivity contribution < 1.29 is 0 Å². The van der Waals surface area contributed by atoms with Crippen molar-refractivity contribution in [2.75, 3.05) is 0 Å². The molecule has 0 saturated carbocycles. The van der Waals surface area contributed by atoms with Gasteiger partial charge in [0.05, 0.1) is 0 Å². The molecule has 0 spiro atoms. The molecule has 0 atom stereocenters. The molecule has 0 unspecified atom stereocenters. The molecule has 0 aliphatic heterocycles. The summed E-state index contributed by atoms with van der Waals surface area (Å²) in [5.74, 6) is 0.